The Morgan fingerprint density at radius 3 is 2.38 bits per heavy atom. The molecule has 0 aliphatic carbocycles. The summed E-state index contributed by atoms with van der Waals surface area (Å²) in [5.41, 5.74) is 2.78. The van der Waals surface area contributed by atoms with Gasteiger partial charge in [0.2, 0.25) is 0 Å². The van der Waals surface area contributed by atoms with Crippen LogP contribution >= 0.6 is 0 Å². The lowest BCUT2D eigenvalue weighted by molar-refractivity contribution is 0.417. The second-order valence-corrected chi connectivity index (χ2v) is 5.26. The predicted octanol–water partition coefficient (Wildman–Crippen LogP) is 3.73. The molecule has 0 amide bonds. The lowest BCUT2D eigenvalue weighted by Crippen LogP contribution is -2.33. The molecule has 0 fully saturated rings. The van der Waals surface area contributed by atoms with Gasteiger partial charge in [-0.3, -0.25) is 0 Å². The maximum atomic E-state index is 3.60. The minimum Gasteiger partial charge on any atom is -0.313 e. The zero-order valence-corrected chi connectivity index (χ0v) is 11.2. The first-order valence-corrected chi connectivity index (χ1v) is 6.30. The van der Waals surface area contributed by atoms with Crippen molar-refractivity contribution in [2.45, 2.75) is 46.6 Å². The van der Waals surface area contributed by atoms with Gasteiger partial charge in [-0.05, 0) is 31.2 Å². The lowest BCUT2D eigenvalue weighted by atomic mass is 9.98. The molecular formula is C15H25N. The Hall–Kier alpha value is -0.820. The maximum Gasteiger partial charge on any atom is 0.00619 e. The van der Waals surface area contributed by atoms with Gasteiger partial charge in [-0.25, -0.2) is 0 Å². The van der Waals surface area contributed by atoms with Crippen LogP contribution in [0.5, 0.6) is 0 Å². The third-order valence-electron chi connectivity index (χ3n) is 3.36. The Morgan fingerprint density at radius 2 is 1.81 bits per heavy atom. The molecule has 90 valence electrons. The van der Waals surface area contributed by atoms with Gasteiger partial charge in [-0.1, -0.05) is 50.6 Å². The molecule has 0 spiro atoms. The second kappa shape index (κ2) is 6.05. The van der Waals surface area contributed by atoms with Crippen LogP contribution in [0.2, 0.25) is 0 Å². The van der Waals surface area contributed by atoms with Crippen molar-refractivity contribution >= 4 is 0 Å². The van der Waals surface area contributed by atoms with E-state index in [1.54, 1.807) is 0 Å². The highest BCUT2D eigenvalue weighted by Crippen LogP contribution is 2.16. The van der Waals surface area contributed by atoms with E-state index in [0.29, 0.717) is 17.9 Å². The number of benzene rings is 1. The van der Waals surface area contributed by atoms with Crippen molar-refractivity contribution in [2.24, 2.45) is 5.92 Å². The molecule has 0 aromatic heterocycles. The van der Waals surface area contributed by atoms with Crippen molar-refractivity contribution in [3.8, 4) is 0 Å². The monoisotopic (exact) mass is 219 g/mol. The molecule has 0 aliphatic heterocycles. The summed E-state index contributed by atoms with van der Waals surface area (Å²) in [5, 5.41) is 3.60. The third kappa shape index (κ3) is 3.97. The lowest BCUT2D eigenvalue weighted by Gasteiger charge is -2.21. The Balaban J connectivity index is 2.49. The molecule has 1 rings (SSSR count). The van der Waals surface area contributed by atoms with E-state index in [2.05, 4.69) is 64.2 Å². The molecule has 0 saturated carbocycles. The molecule has 1 nitrogen and oxygen atoms in total. The zero-order chi connectivity index (χ0) is 12.1. The first kappa shape index (κ1) is 13.2. The summed E-state index contributed by atoms with van der Waals surface area (Å²) in [7, 11) is 0. The summed E-state index contributed by atoms with van der Waals surface area (Å²) in [6.45, 7) is 12.3. The molecule has 2 atom stereocenters. The van der Waals surface area contributed by atoms with Crippen LogP contribution in [0.4, 0.5) is 0 Å². The minimum atomic E-state index is 0.584. The van der Waals surface area contributed by atoms with Gasteiger partial charge in [-0.2, -0.15) is 0 Å². The zero-order valence-electron chi connectivity index (χ0n) is 11.2. The van der Waals surface area contributed by atoms with E-state index in [4.69, 9.17) is 0 Å². The Bertz CT molecular complexity index is 317. The van der Waals surface area contributed by atoms with Gasteiger partial charge >= 0.3 is 0 Å². The summed E-state index contributed by atoms with van der Waals surface area (Å²) in [4.78, 5) is 0. The highest BCUT2D eigenvalue weighted by molar-refractivity contribution is 5.25. The van der Waals surface area contributed by atoms with Gasteiger partial charge in [0, 0.05) is 12.6 Å². The summed E-state index contributed by atoms with van der Waals surface area (Å²) in [5.74, 6) is 1.28. The smallest absolute Gasteiger partial charge is 0.00619 e. The number of hydrogen-bond donors (Lipinski definition) is 1. The molecule has 16 heavy (non-hydrogen) atoms. The van der Waals surface area contributed by atoms with Gasteiger partial charge in [0.25, 0.3) is 0 Å². The van der Waals surface area contributed by atoms with E-state index in [0.717, 1.165) is 6.54 Å². The van der Waals surface area contributed by atoms with Crippen molar-refractivity contribution in [1.29, 1.82) is 0 Å². The van der Waals surface area contributed by atoms with Gasteiger partial charge < -0.3 is 5.32 Å². The van der Waals surface area contributed by atoms with Crippen molar-refractivity contribution in [3.63, 3.8) is 0 Å². The average Bonchev–Trinajstić information content (AvgIpc) is 2.25. The highest BCUT2D eigenvalue weighted by Gasteiger charge is 2.09. The number of hydrogen-bond acceptors (Lipinski definition) is 1. The second-order valence-electron chi connectivity index (χ2n) is 5.26. The Labute approximate surface area is 100 Å². The summed E-state index contributed by atoms with van der Waals surface area (Å²) in [6, 6.07) is 9.39. The van der Waals surface area contributed by atoms with Crippen molar-refractivity contribution in [2.75, 3.05) is 6.54 Å². The molecule has 1 N–H and O–H groups in total. The van der Waals surface area contributed by atoms with Gasteiger partial charge in [0.05, 0.1) is 0 Å². The summed E-state index contributed by atoms with van der Waals surface area (Å²) < 4.78 is 0. The molecule has 0 bridgehead atoms. The van der Waals surface area contributed by atoms with E-state index in [-0.39, 0.29) is 0 Å². The van der Waals surface area contributed by atoms with Crippen LogP contribution in [0.15, 0.2) is 24.3 Å². The third-order valence-corrected chi connectivity index (χ3v) is 3.36. The molecule has 0 heterocycles. The number of aryl methyl sites for hydroxylation is 1. The predicted molar refractivity (Wildman–Crippen MR) is 71.9 cm³/mol. The van der Waals surface area contributed by atoms with Crippen LogP contribution in [0.1, 0.15) is 44.7 Å². The first-order chi connectivity index (χ1) is 7.50. The topological polar surface area (TPSA) is 12.0 Å². The fraction of sp³-hybridized carbons (Fsp3) is 0.600. The summed E-state index contributed by atoms with van der Waals surface area (Å²) >= 11 is 0. The van der Waals surface area contributed by atoms with Crippen LogP contribution in [0.25, 0.3) is 0 Å². The van der Waals surface area contributed by atoms with Crippen LogP contribution in [0.3, 0.4) is 0 Å². The van der Waals surface area contributed by atoms with E-state index >= 15 is 0 Å². The average molecular weight is 219 g/mol. The van der Waals surface area contributed by atoms with E-state index in [1.165, 1.54) is 11.1 Å². The van der Waals surface area contributed by atoms with Crippen molar-refractivity contribution in [1.82, 2.24) is 5.32 Å². The largest absolute Gasteiger partial charge is 0.313 e. The fourth-order valence-corrected chi connectivity index (χ4v) is 1.69. The fourth-order valence-electron chi connectivity index (χ4n) is 1.69. The van der Waals surface area contributed by atoms with E-state index in [9.17, 15) is 0 Å². The molecule has 0 radical (unpaired) electrons. The Morgan fingerprint density at radius 1 is 1.12 bits per heavy atom. The van der Waals surface area contributed by atoms with Gasteiger partial charge in [0.15, 0.2) is 0 Å². The van der Waals surface area contributed by atoms with E-state index < -0.39 is 0 Å². The normalized spacial score (nSPS) is 15.1. The van der Waals surface area contributed by atoms with Crippen LogP contribution in [-0.2, 0) is 0 Å². The maximum absolute atomic E-state index is 3.60. The molecule has 0 saturated heterocycles. The van der Waals surface area contributed by atoms with Gasteiger partial charge in [0.1, 0.15) is 0 Å². The SMILES string of the molecule is Cc1cccc(C(C)CNC(C)C(C)C)c1. The van der Waals surface area contributed by atoms with Crippen LogP contribution in [0, 0.1) is 12.8 Å². The quantitative estimate of drug-likeness (QED) is 0.795. The number of nitrogens with one attached hydrogen (secondary N) is 1. The summed E-state index contributed by atoms with van der Waals surface area (Å²) in [6.07, 6.45) is 0. The van der Waals surface area contributed by atoms with Gasteiger partial charge in [-0.15, -0.1) is 0 Å². The molecule has 0 aliphatic rings. The Kier molecular flexibility index (Phi) is 5.01. The molecule has 1 heteroatoms. The molecular weight excluding hydrogens is 194 g/mol. The molecule has 2 unspecified atom stereocenters. The van der Waals surface area contributed by atoms with Crippen LogP contribution in [-0.4, -0.2) is 12.6 Å². The molecule has 1 aromatic carbocycles. The highest BCUT2D eigenvalue weighted by atomic mass is 14.9. The van der Waals surface area contributed by atoms with E-state index in [1.807, 2.05) is 0 Å². The molecule has 1 aromatic rings. The minimum absolute atomic E-state index is 0.584. The van der Waals surface area contributed by atoms with Crippen LogP contribution < -0.4 is 5.32 Å². The standard InChI is InChI=1S/C15H25N/c1-11(2)14(5)16-10-13(4)15-8-6-7-12(3)9-15/h6-9,11,13-14,16H,10H2,1-5H3. The number of rotatable bonds is 5. The van der Waals surface area contributed by atoms with Crippen molar-refractivity contribution in [3.05, 3.63) is 35.4 Å². The first-order valence-electron chi connectivity index (χ1n) is 6.30. The van der Waals surface area contributed by atoms with Crippen molar-refractivity contribution < 1.29 is 0 Å².